The lowest BCUT2D eigenvalue weighted by Gasteiger charge is -2.26. The SMILES string of the molecule is C=CC=N/C(=C(\N)Oc1ccc(C(=O)c2nc3ccccc3[nH]2)cc1)C1CCC(O)CC1. The molecule has 0 spiro atoms. The smallest absolute Gasteiger partial charge is 0.228 e. The first kappa shape index (κ1) is 21.5. The molecule has 0 saturated heterocycles. The van der Waals surface area contributed by atoms with Crippen LogP contribution in [0.5, 0.6) is 5.75 Å². The number of nitrogens with one attached hydrogen (secondary N) is 1. The lowest BCUT2D eigenvalue weighted by Crippen LogP contribution is -2.22. The van der Waals surface area contributed by atoms with Gasteiger partial charge in [0.1, 0.15) is 11.4 Å². The van der Waals surface area contributed by atoms with Crippen molar-refractivity contribution in [2.24, 2.45) is 16.6 Å². The monoisotopic (exact) mass is 430 g/mol. The van der Waals surface area contributed by atoms with Gasteiger partial charge < -0.3 is 20.6 Å². The molecule has 1 saturated carbocycles. The first-order chi connectivity index (χ1) is 15.5. The molecule has 0 aliphatic heterocycles. The predicted molar refractivity (Wildman–Crippen MR) is 124 cm³/mol. The summed E-state index contributed by atoms with van der Waals surface area (Å²) in [5.74, 6) is 0.920. The van der Waals surface area contributed by atoms with Crippen molar-refractivity contribution < 1.29 is 14.6 Å². The number of aliphatic hydroxyl groups excluding tert-OH is 1. The number of ether oxygens (including phenoxy) is 1. The van der Waals surface area contributed by atoms with Crippen LogP contribution < -0.4 is 10.5 Å². The van der Waals surface area contributed by atoms with E-state index in [4.69, 9.17) is 10.5 Å². The van der Waals surface area contributed by atoms with Crippen LogP contribution in [0, 0.1) is 5.92 Å². The number of hydrogen-bond donors (Lipinski definition) is 3. The predicted octanol–water partition coefficient (Wildman–Crippen LogP) is 4.11. The third-order valence-corrected chi connectivity index (χ3v) is 5.60. The molecule has 32 heavy (non-hydrogen) atoms. The fraction of sp³-hybridized carbons (Fsp3) is 0.240. The van der Waals surface area contributed by atoms with E-state index in [0.29, 0.717) is 35.7 Å². The largest absolute Gasteiger partial charge is 0.440 e. The van der Waals surface area contributed by atoms with Crippen LogP contribution in [0.2, 0.25) is 0 Å². The zero-order valence-electron chi connectivity index (χ0n) is 17.7. The summed E-state index contributed by atoms with van der Waals surface area (Å²) in [6.07, 6.45) is 5.91. The number of carbonyl (C=O) groups excluding carboxylic acids is 1. The number of ketones is 1. The van der Waals surface area contributed by atoms with Crippen LogP contribution in [0.1, 0.15) is 41.9 Å². The van der Waals surface area contributed by atoms with Crippen molar-refractivity contribution in [2.75, 3.05) is 0 Å². The molecule has 0 bridgehead atoms. The second kappa shape index (κ2) is 9.62. The molecule has 164 valence electrons. The quantitative estimate of drug-likeness (QED) is 0.297. The van der Waals surface area contributed by atoms with Gasteiger partial charge in [-0.1, -0.05) is 24.8 Å². The standard InChI is InChI=1S/C25H26N4O3/c1-2-15-27-22(16-7-11-18(30)12-8-16)24(26)32-19-13-9-17(10-14-19)23(31)25-28-20-5-3-4-6-21(20)29-25/h2-6,9-10,13-16,18,30H,1,7-8,11-12,26H2,(H,28,29)/b24-22+,27-15?. The van der Waals surface area contributed by atoms with Gasteiger partial charge in [-0.15, -0.1) is 0 Å². The lowest BCUT2D eigenvalue weighted by molar-refractivity contribution is 0.103. The third kappa shape index (κ3) is 4.78. The van der Waals surface area contributed by atoms with Gasteiger partial charge in [0.15, 0.2) is 5.82 Å². The van der Waals surface area contributed by atoms with Gasteiger partial charge in [-0.25, -0.2) is 4.98 Å². The van der Waals surface area contributed by atoms with Gasteiger partial charge in [0.05, 0.1) is 17.1 Å². The van der Waals surface area contributed by atoms with Gasteiger partial charge in [-0.2, -0.15) is 0 Å². The number of nitrogens with zero attached hydrogens (tertiary/aromatic N) is 2. The number of aliphatic hydroxyl groups is 1. The zero-order valence-corrected chi connectivity index (χ0v) is 17.7. The van der Waals surface area contributed by atoms with Crippen molar-refractivity contribution in [3.8, 4) is 5.75 Å². The normalized spacial score (nSPS) is 19.7. The van der Waals surface area contributed by atoms with E-state index in [1.54, 1.807) is 36.6 Å². The number of H-pyrrole nitrogens is 1. The molecule has 1 aliphatic carbocycles. The summed E-state index contributed by atoms with van der Waals surface area (Å²) in [5.41, 5.74) is 8.96. The number of aromatic nitrogens is 2. The Kier molecular flexibility index (Phi) is 6.47. The average Bonchev–Trinajstić information content (AvgIpc) is 3.25. The highest BCUT2D eigenvalue weighted by Crippen LogP contribution is 2.32. The van der Waals surface area contributed by atoms with Gasteiger partial charge in [0.25, 0.3) is 0 Å². The van der Waals surface area contributed by atoms with Crippen molar-refractivity contribution in [1.82, 2.24) is 9.97 Å². The van der Waals surface area contributed by atoms with Gasteiger partial charge in [0.2, 0.25) is 11.7 Å². The second-order valence-corrected chi connectivity index (χ2v) is 7.83. The fourth-order valence-corrected chi connectivity index (χ4v) is 3.90. The van der Waals surface area contributed by atoms with Gasteiger partial charge in [-0.3, -0.25) is 9.79 Å². The van der Waals surface area contributed by atoms with Gasteiger partial charge in [0, 0.05) is 17.7 Å². The van der Waals surface area contributed by atoms with Crippen LogP contribution in [0.15, 0.2) is 77.8 Å². The first-order valence-electron chi connectivity index (χ1n) is 10.7. The Hall–Kier alpha value is -3.71. The number of aromatic amines is 1. The van der Waals surface area contributed by atoms with E-state index < -0.39 is 0 Å². The molecule has 4 rings (SSSR count). The number of aliphatic imine (C=N–C) groups is 1. The summed E-state index contributed by atoms with van der Waals surface area (Å²) < 4.78 is 5.85. The van der Waals surface area contributed by atoms with Crippen molar-refractivity contribution in [3.05, 3.63) is 84.2 Å². The average molecular weight is 431 g/mol. The molecule has 1 heterocycles. The van der Waals surface area contributed by atoms with Crippen LogP contribution in [0.4, 0.5) is 0 Å². The molecule has 0 unspecified atom stereocenters. The Labute approximate surface area is 186 Å². The summed E-state index contributed by atoms with van der Waals surface area (Å²) in [6.45, 7) is 3.67. The topological polar surface area (TPSA) is 114 Å². The van der Waals surface area contributed by atoms with Crippen LogP contribution >= 0.6 is 0 Å². The number of allylic oxidation sites excluding steroid dienone is 2. The lowest BCUT2D eigenvalue weighted by atomic mass is 9.85. The summed E-state index contributed by atoms with van der Waals surface area (Å²) in [7, 11) is 0. The number of carbonyl (C=O) groups is 1. The van der Waals surface area contributed by atoms with Gasteiger partial charge >= 0.3 is 0 Å². The van der Waals surface area contributed by atoms with E-state index in [9.17, 15) is 9.90 Å². The Morgan fingerprint density at radius 2 is 1.88 bits per heavy atom. The highest BCUT2D eigenvalue weighted by atomic mass is 16.5. The molecule has 1 aliphatic rings. The van der Waals surface area contributed by atoms with Crippen LogP contribution in [0.25, 0.3) is 11.0 Å². The molecule has 0 atom stereocenters. The molecule has 1 fully saturated rings. The minimum atomic E-state index is -0.269. The van der Waals surface area contributed by atoms with E-state index in [0.717, 1.165) is 23.9 Å². The maximum absolute atomic E-state index is 12.8. The number of rotatable bonds is 7. The Morgan fingerprint density at radius 3 is 2.56 bits per heavy atom. The highest BCUT2D eigenvalue weighted by molar-refractivity contribution is 6.08. The molecule has 7 nitrogen and oxygen atoms in total. The van der Waals surface area contributed by atoms with Crippen molar-refractivity contribution in [1.29, 1.82) is 0 Å². The van der Waals surface area contributed by atoms with E-state index in [1.807, 2.05) is 24.3 Å². The van der Waals surface area contributed by atoms with E-state index in [2.05, 4.69) is 21.5 Å². The van der Waals surface area contributed by atoms with E-state index >= 15 is 0 Å². The van der Waals surface area contributed by atoms with Crippen LogP contribution in [0.3, 0.4) is 0 Å². The summed E-state index contributed by atoms with van der Waals surface area (Å²) in [4.78, 5) is 24.6. The minimum absolute atomic E-state index is 0.114. The van der Waals surface area contributed by atoms with Gasteiger partial charge in [-0.05, 0) is 62.1 Å². The second-order valence-electron chi connectivity index (χ2n) is 7.83. The number of para-hydroxylation sites is 2. The minimum Gasteiger partial charge on any atom is -0.440 e. The molecule has 1 aromatic heterocycles. The maximum atomic E-state index is 12.8. The number of fused-ring (bicyclic) bond motifs is 1. The van der Waals surface area contributed by atoms with Crippen molar-refractivity contribution in [3.63, 3.8) is 0 Å². The number of imidazole rings is 1. The molecule has 3 aromatic rings. The zero-order chi connectivity index (χ0) is 22.5. The van der Waals surface area contributed by atoms with Crippen molar-refractivity contribution >= 4 is 23.0 Å². The first-order valence-corrected chi connectivity index (χ1v) is 10.7. The Bertz CT molecular complexity index is 1140. The molecular weight excluding hydrogens is 404 g/mol. The fourth-order valence-electron chi connectivity index (χ4n) is 3.90. The summed E-state index contributed by atoms with van der Waals surface area (Å²) in [5, 5.41) is 9.79. The number of benzene rings is 2. The molecule has 0 radical (unpaired) electrons. The third-order valence-electron chi connectivity index (χ3n) is 5.60. The highest BCUT2D eigenvalue weighted by Gasteiger charge is 2.25. The Morgan fingerprint density at radius 1 is 1.16 bits per heavy atom. The molecule has 2 aromatic carbocycles. The van der Waals surface area contributed by atoms with E-state index in [1.165, 1.54) is 0 Å². The molecular formula is C25H26N4O3. The maximum Gasteiger partial charge on any atom is 0.228 e. The summed E-state index contributed by atoms with van der Waals surface area (Å²) >= 11 is 0. The Balaban J connectivity index is 1.51. The number of nitrogens with two attached hydrogens (primary N) is 1. The molecule has 7 heteroatoms. The van der Waals surface area contributed by atoms with Crippen LogP contribution in [-0.4, -0.2) is 33.2 Å². The van der Waals surface area contributed by atoms with Crippen molar-refractivity contribution in [2.45, 2.75) is 31.8 Å². The van der Waals surface area contributed by atoms with Crippen LogP contribution in [-0.2, 0) is 0 Å². The molecule has 4 N–H and O–H groups in total. The van der Waals surface area contributed by atoms with E-state index in [-0.39, 0.29) is 23.7 Å². The molecule has 0 amide bonds. The summed E-state index contributed by atoms with van der Waals surface area (Å²) in [6, 6.07) is 14.3. The number of hydrogen-bond acceptors (Lipinski definition) is 6.